The van der Waals surface area contributed by atoms with Gasteiger partial charge in [-0.3, -0.25) is 9.59 Å². The summed E-state index contributed by atoms with van der Waals surface area (Å²) in [6, 6.07) is 9.12. The number of carbonyl (C=O) groups excluding carboxylic acids is 3. The molecule has 4 aliphatic rings. The topological polar surface area (TPSA) is 69.7 Å². The Morgan fingerprint density at radius 1 is 0.939 bits per heavy atom. The number of Topliss-reactive ketones (excluding diaryl/α,β-unsaturated/α-hetero) is 1. The Hall–Kier alpha value is -2.43. The third-order valence-corrected chi connectivity index (χ3v) is 9.36. The minimum Gasteiger partial charge on any atom is -0.462 e. The van der Waals surface area contributed by atoms with Gasteiger partial charge in [-0.05, 0) is 67.6 Å². The summed E-state index contributed by atoms with van der Waals surface area (Å²) >= 11 is 0. The molecule has 1 aromatic carbocycles. The van der Waals surface area contributed by atoms with E-state index in [9.17, 15) is 14.4 Å². The molecule has 7 atom stereocenters. The van der Waals surface area contributed by atoms with Gasteiger partial charge in [-0.2, -0.15) is 0 Å². The van der Waals surface area contributed by atoms with E-state index in [1.54, 1.807) is 12.1 Å². The molecule has 5 nitrogen and oxygen atoms in total. The van der Waals surface area contributed by atoms with Gasteiger partial charge in [-0.15, -0.1) is 0 Å². The summed E-state index contributed by atoms with van der Waals surface area (Å²) in [7, 11) is 0. The van der Waals surface area contributed by atoms with Crippen LogP contribution in [0.5, 0.6) is 0 Å². The van der Waals surface area contributed by atoms with Crippen LogP contribution in [0, 0.1) is 28.6 Å². The maximum absolute atomic E-state index is 13.1. The van der Waals surface area contributed by atoms with Crippen molar-refractivity contribution >= 4 is 17.7 Å². The molecule has 4 aliphatic carbocycles. The lowest BCUT2D eigenvalue weighted by molar-refractivity contribution is -0.149. The van der Waals surface area contributed by atoms with Gasteiger partial charge in [0.25, 0.3) is 0 Å². The van der Waals surface area contributed by atoms with Crippen molar-refractivity contribution in [1.29, 1.82) is 0 Å². The van der Waals surface area contributed by atoms with Crippen molar-refractivity contribution < 1.29 is 23.9 Å². The number of rotatable bonds is 3. The summed E-state index contributed by atoms with van der Waals surface area (Å²) in [5.74, 6) is 0.539. The Kier molecular flexibility index (Phi) is 5.49. The van der Waals surface area contributed by atoms with Crippen molar-refractivity contribution in [2.24, 2.45) is 28.6 Å². The molecule has 0 radical (unpaired) electrons. The monoisotopic (exact) mass is 450 g/mol. The SMILES string of the molecule is CC(=O)OC1CC[C@@]2(C)C(=CC(OC(=O)c3ccccc3)[C@@H]3[C@@H]2CC[C@]2(C)C(=O)CC[C@@H]32)C1. The van der Waals surface area contributed by atoms with Crippen molar-refractivity contribution in [2.75, 3.05) is 0 Å². The number of hydrogen-bond donors (Lipinski definition) is 0. The molecule has 0 N–H and O–H groups in total. The van der Waals surface area contributed by atoms with E-state index in [1.807, 2.05) is 18.2 Å². The van der Waals surface area contributed by atoms with Gasteiger partial charge in [0.15, 0.2) is 0 Å². The lowest BCUT2D eigenvalue weighted by Gasteiger charge is -2.58. The largest absolute Gasteiger partial charge is 0.462 e. The first kappa shape index (κ1) is 22.4. The van der Waals surface area contributed by atoms with Gasteiger partial charge in [0.05, 0.1) is 5.56 Å². The van der Waals surface area contributed by atoms with Crippen LogP contribution in [0.3, 0.4) is 0 Å². The molecule has 3 fully saturated rings. The van der Waals surface area contributed by atoms with Crippen LogP contribution in [0.25, 0.3) is 0 Å². The molecule has 0 aromatic heterocycles. The quantitative estimate of drug-likeness (QED) is 0.463. The smallest absolute Gasteiger partial charge is 0.338 e. The zero-order valence-corrected chi connectivity index (χ0v) is 19.8. The second-order valence-corrected chi connectivity index (χ2v) is 11.0. The predicted octanol–water partition coefficient (Wildman–Crippen LogP) is 5.29. The van der Waals surface area contributed by atoms with Gasteiger partial charge in [-0.1, -0.05) is 37.6 Å². The van der Waals surface area contributed by atoms with Crippen molar-refractivity contribution in [1.82, 2.24) is 0 Å². The van der Waals surface area contributed by atoms with Crippen LogP contribution >= 0.6 is 0 Å². The summed E-state index contributed by atoms with van der Waals surface area (Å²) in [4.78, 5) is 37.6. The molecule has 2 unspecified atom stereocenters. The van der Waals surface area contributed by atoms with Gasteiger partial charge in [-0.25, -0.2) is 4.79 Å². The summed E-state index contributed by atoms with van der Waals surface area (Å²) in [5, 5.41) is 0. The fourth-order valence-corrected chi connectivity index (χ4v) is 7.58. The third-order valence-electron chi connectivity index (χ3n) is 9.36. The molecule has 0 saturated heterocycles. The van der Waals surface area contributed by atoms with Gasteiger partial charge in [0, 0.05) is 31.1 Å². The molecule has 33 heavy (non-hydrogen) atoms. The molecule has 176 valence electrons. The highest BCUT2D eigenvalue weighted by Crippen LogP contribution is 2.64. The molecule has 5 rings (SSSR count). The fraction of sp³-hybridized carbons (Fsp3) is 0.607. The first-order chi connectivity index (χ1) is 15.7. The van der Waals surface area contributed by atoms with E-state index in [-0.39, 0.29) is 46.8 Å². The molecule has 0 heterocycles. The van der Waals surface area contributed by atoms with Crippen LogP contribution in [-0.4, -0.2) is 29.9 Å². The molecular formula is C28H34O5. The Balaban J connectivity index is 1.52. The maximum Gasteiger partial charge on any atom is 0.338 e. The molecule has 0 spiro atoms. The van der Waals surface area contributed by atoms with Crippen molar-refractivity contribution in [2.45, 2.75) is 77.9 Å². The Labute approximate surface area is 195 Å². The number of fused-ring (bicyclic) bond motifs is 5. The standard InChI is InChI=1S/C28H34O5/c1-17(29)32-20-11-13-27(2)19(15-20)16-23(33-26(31)18-7-5-4-6-8-18)25-21-9-10-24(30)28(21,3)14-12-22(25)27/h4-8,16,20-23,25H,9-15H2,1-3H3/t20?,21-,22-,23?,25-,27-,28-/m0/s1. The summed E-state index contributed by atoms with van der Waals surface area (Å²) in [5.41, 5.74) is 1.47. The zero-order chi connectivity index (χ0) is 23.4. The maximum atomic E-state index is 13.1. The Morgan fingerprint density at radius 3 is 2.36 bits per heavy atom. The van der Waals surface area contributed by atoms with Gasteiger partial charge >= 0.3 is 11.9 Å². The minimum absolute atomic E-state index is 0.00998. The van der Waals surface area contributed by atoms with Crippen molar-refractivity contribution in [3.63, 3.8) is 0 Å². The van der Waals surface area contributed by atoms with Crippen LogP contribution in [0.4, 0.5) is 0 Å². The highest BCUT2D eigenvalue weighted by Gasteiger charge is 2.61. The second kappa shape index (κ2) is 8.11. The molecular weight excluding hydrogens is 416 g/mol. The Morgan fingerprint density at radius 2 is 1.64 bits per heavy atom. The van der Waals surface area contributed by atoms with Crippen molar-refractivity contribution in [3.8, 4) is 0 Å². The normalized spacial score (nSPS) is 39.5. The fourth-order valence-electron chi connectivity index (χ4n) is 7.58. The van der Waals surface area contributed by atoms with Crippen LogP contribution in [0.2, 0.25) is 0 Å². The van der Waals surface area contributed by atoms with Crippen LogP contribution in [0.1, 0.15) is 76.1 Å². The predicted molar refractivity (Wildman–Crippen MR) is 123 cm³/mol. The average Bonchev–Trinajstić information content (AvgIpc) is 3.09. The molecule has 5 heteroatoms. The molecule has 3 saturated carbocycles. The highest BCUT2D eigenvalue weighted by molar-refractivity contribution is 5.89. The van der Waals surface area contributed by atoms with Gasteiger partial charge in [0.2, 0.25) is 0 Å². The summed E-state index contributed by atoms with van der Waals surface area (Å²) < 4.78 is 11.8. The lowest BCUT2D eigenvalue weighted by Crippen LogP contribution is -2.55. The first-order valence-corrected chi connectivity index (χ1v) is 12.4. The zero-order valence-electron chi connectivity index (χ0n) is 19.8. The van der Waals surface area contributed by atoms with Crippen LogP contribution in [-0.2, 0) is 19.1 Å². The van der Waals surface area contributed by atoms with Crippen molar-refractivity contribution in [3.05, 3.63) is 47.5 Å². The lowest BCUT2D eigenvalue weighted by atomic mass is 9.47. The Bertz CT molecular complexity index is 997. The van der Waals surface area contributed by atoms with E-state index >= 15 is 0 Å². The van der Waals surface area contributed by atoms with E-state index < -0.39 is 0 Å². The number of hydrogen-bond acceptors (Lipinski definition) is 5. The van der Waals surface area contributed by atoms with Gasteiger partial charge in [0.1, 0.15) is 18.0 Å². The average molecular weight is 451 g/mol. The second-order valence-electron chi connectivity index (χ2n) is 11.0. The van der Waals surface area contributed by atoms with Crippen LogP contribution < -0.4 is 0 Å². The number of esters is 2. The first-order valence-electron chi connectivity index (χ1n) is 12.4. The van der Waals surface area contributed by atoms with E-state index in [0.29, 0.717) is 30.1 Å². The van der Waals surface area contributed by atoms with Crippen LogP contribution in [0.15, 0.2) is 42.0 Å². The molecule has 0 aliphatic heterocycles. The molecule has 0 bridgehead atoms. The minimum atomic E-state index is -0.364. The molecule has 0 amide bonds. The third kappa shape index (κ3) is 3.64. The molecule has 1 aromatic rings. The van der Waals surface area contributed by atoms with Gasteiger partial charge < -0.3 is 9.47 Å². The highest BCUT2D eigenvalue weighted by atomic mass is 16.5. The number of carbonyl (C=O) groups is 3. The van der Waals surface area contributed by atoms with E-state index in [4.69, 9.17) is 9.47 Å². The summed E-state index contributed by atoms with van der Waals surface area (Å²) in [6.45, 7) is 5.94. The van der Waals surface area contributed by atoms with E-state index in [2.05, 4.69) is 19.9 Å². The van der Waals surface area contributed by atoms with E-state index in [1.165, 1.54) is 12.5 Å². The number of ketones is 1. The number of benzene rings is 1. The van der Waals surface area contributed by atoms with E-state index in [0.717, 1.165) is 32.1 Å². The summed E-state index contributed by atoms with van der Waals surface area (Å²) in [6.07, 6.45) is 7.56. The number of ether oxygens (including phenoxy) is 2.